The van der Waals surface area contributed by atoms with Gasteiger partial charge in [-0.15, -0.1) is 11.3 Å². The lowest BCUT2D eigenvalue weighted by Gasteiger charge is -2.27. The third kappa shape index (κ3) is 3.75. The Morgan fingerprint density at radius 2 is 2.08 bits per heavy atom. The predicted octanol–water partition coefficient (Wildman–Crippen LogP) is 2.91. The van der Waals surface area contributed by atoms with Gasteiger partial charge in [-0.05, 0) is 30.5 Å². The molecular weight excluding hydrogens is 336 g/mol. The maximum absolute atomic E-state index is 12.7. The molecule has 1 aromatic heterocycles. The number of hydrogen-bond acceptors (Lipinski definition) is 4. The molecule has 0 radical (unpaired) electrons. The third-order valence-corrected chi connectivity index (χ3v) is 5.35. The quantitative estimate of drug-likeness (QED) is 0.808. The molecule has 2 amide bonds. The average molecular weight is 358 g/mol. The van der Waals surface area contributed by atoms with Crippen LogP contribution in [-0.2, 0) is 14.3 Å². The molecular formula is C19H22N2O3S. The molecule has 2 heterocycles. The lowest BCUT2D eigenvalue weighted by atomic mass is 9.97. The highest BCUT2D eigenvalue weighted by atomic mass is 32.1. The van der Waals surface area contributed by atoms with E-state index in [0.717, 1.165) is 16.1 Å². The van der Waals surface area contributed by atoms with Gasteiger partial charge in [0.05, 0.1) is 18.6 Å². The minimum Gasteiger partial charge on any atom is -0.383 e. The van der Waals surface area contributed by atoms with Crippen LogP contribution in [0.4, 0.5) is 5.69 Å². The number of methoxy groups -OCH3 is 1. The molecule has 3 rings (SSSR count). The first kappa shape index (κ1) is 17.6. The summed E-state index contributed by atoms with van der Waals surface area (Å²) in [6.07, 6.45) is 0.218. The molecule has 1 aliphatic rings. The van der Waals surface area contributed by atoms with Crippen molar-refractivity contribution >= 4 is 28.8 Å². The van der Waals surface area contributed by atoms with Crippen LogP contribution >= 0.6 is 11.3 Å². The van der Waals surface area contributed by atoms with E-state index < -0.39 is 5.92 Å². The van der Waals surface area contributed by atoms with Crippen molar-refractivity contribution in [1.29, 1.82) is 0 Å². The van der Waals surface area contributed by atoms with Crippen LogP contribution in [0, 0.1) is 12.8 Å². The highest BCUT2D eigenvalue weighted by Gasteiger charge is 2.45. The molecule has 1 aliphatic heterocycles. The fourth-order valence-corrected chi connectivity index (χ4v) is 4.05. The van der Waals surface area contributed by atoms with Crippen molar-refractivity contribution < 1.29 is 14.3 Å². The molecule has 1 N–H and O–H groups in total. The molecule has 5 nitrogen and oxygen atoms in total. The summed E-state index contributed by atoms with van der Waals surface area (Å²) in [7, 11) is 1.60. The minimum absolute atomic E-state index is 0.0193. The standard InChI is InChI=1S/C19H22N2O3S/c1-13-5-7-14(8-6-13)21-17(22)12-15(19(23)20-9-10-24-2)18(21)16-4-3-11-25-16/h3-8,11,15,18H,9-10,12H2,1-2H3,(H,20,23). The van der Waals surface area contributed by atoms with Crippen LogP contribution in [-0.4, -0.2) is 32.1 Å². The topological polar surface area (TPSA) is 58.6 Å². The highest BCUT2D eigenvalue weighted by Crippen LogP contribution is 2.43. The first-order chi connectivity index (χ1) is 12.1. The first-order valence-corrected chi connectivity index (χ1v) is 9.18. The van der Waals surface area contributed by atoms with Crippen molar-refractivity contribution in [2.45, 2.75) is 19.4 Å². The van der Waals surface area contributed by atoms with Crippen molar-refractivity contribution in [2.75, 3.05) is 25.2 Å². The van der Waals surface area contributed by atoms with Crippen molar-refractivity contribution in [3.63, 3.8) is 0 Å². The number of thiophene rings is 1. The molecule has 25 heavy (non-hydrogen) atoms. The van der Waals surface area contributed by atoms with Gasteiger partial charge in [0.2, 0.25) is 11.8 Å². The monoisotopic (exact) mass is 358 g/mol. The van der Waals surface area contributed by atoms with E-state index in [4.69, 9.17) is 4.74 Å². The number of carbonyl (C=O) groups excluding carboxylic acids is 2. The molecule has 0 saturated carbocycles. The van der Waals surface area contributed by atoms with E-state index >= 15 is 0 Å². The SMILES string of the molecule is COCCNC(=O)C1CC(=O)N(c2ccc(C)cc2)C1c1cccs1. The Kier molecular flexibility index (Phi) is 5.50. The van der Waals surface area contributed by atoms with Gasteiger partial charge >= 0.3 is 0 Å². The second-order valence-electron chi connectivity index (χ2n) is 6.15. The average Bonchev–Trinajstić information content (AvgIpc) is 3.23. The summed E-state index contributed by atoms with van der Waals surface area (Å²) in [6, 6.07) is 11.5. The fourth-order valence-electron chi connectivity index (χ4n) is 3.17. The zero-order chi connectivity index (χ0) is 17.8. The van der Waals surface area contributed by atoms with E-state index in [0.29, 0.717) is 13.2 Å². The van der Waals surface area contributed by atoms with Gasteiger partial charge in [0.25, 0.3) is 0 Å². The predicted molar refractivity (Wildman–Crippen MR) is 98.7 cm³/mol. The van der Waals surface area contributed by atoms with Crippen molar-refractivity contribution in [3.05, 3.63) is 52.2 Å². The Hall–Kier alpha value is -2.18. The second kappa shape index (κ2) is 7.80. The summed E-state index contributed by atoms with van der Waals surface area (Å²) in [4.78, 5) is 28.2. The fraction of sp³-hybridized carbons (Fsp3) is 0.368. The van der Waals surface area contributed by atoms with E-state index in [9.17, 15) is 9.59 Å². The minimum atomic E-state index is -0.399. The number of benzene rings is 1. The molecule has 0 bridgehead atoms. The van der Waals surface area contributed by atoms with Crippen molar-refractivity contribution in [1.82, 2.24) is 5.32 Å². The van der Waals surface area contributed by atoms with Gasteiger partial charge in [-0.3, -0.25) is 9.59 Å². The summed E-state index contributed by atoms with van der Waals surface area (Å²) in [5, 5.41) is 4.86. The smallest absolute Gasteiger partial charge is 0.228 e. The van der Waals surface area contributed by atoms with E-state index in [1.54, 1.807) is 23.3 Å². The van der Waals surface area contributed by atoms with Gasteiger partial charge in [-0.1, -0.05) is 23.8 Å². The van der Waals surface area contributed by atoms with E-state index in [2.05, 4.69) is 5.32 Å². The Labute approximate surface area is 151 Å². The van der Waals surface area contributed by atoms with Gasteiger partial charge in [0, 0.05) is 30.6 Å². The number of amides is 2. The maximum atomic E-state index is 12.7. The Morgan fingerprint density at radius 3 is 2.72 bits per heavy atom. The number of anilines is 1. The normalized spacial score (nSPS) is 20.1. The largest absolute Gasteiger partial charge is 0.383 e. The van der Waals surface area contributed by atoms with Gasteiger partial charge in [-0.2, -0.15) is 0 Å². The molecule has 6 heteroatoms. The summed E-state index contributed by atoms with van der Waals surface area (Å²) >= 11 is 1.57. The van der Waals surface area contributed by atoms with Crippen LogP contribution in [0.3, 0.4) is 0 Å². The molecule has 2 aromatic rings. The summed E-state index contributed by atoms with van der Waals surface area (Å²) < 4.78 is 4.99. The zero-order valence-electron chi connectivity index (χ0n) is 14.4. The van der Waals surface area contributed by atoms with Crippen LogP contribution in [0.2, 0.25) is 0 Å². The number of hydrogen-bond donors (Lipinski definition) is 1. The number of nitrogens with zero attached hydrogens (tertiary/aromatic N) is 1. The van der Waals surface area contributed by atoms with E-state index in [1.807, 2.05) is 48.7 Å². The summed E-state index contributed by atoms with van der Waals surface area (Å²) in [5.41, 5.74) is 1.97. The first-order valence-electron chi connectivity index (χ1n) is 8.30. The van der Waals surface area contributed by atoms with Gasteiger partial charge < -0.3 is 15.0 Å². The number of carbonyl (C=O) groups is 2. The number of nitrogens with one attached hydrogen (secondary N) is 1. The second-order valence-corrected chi connectivity index (χ2v) is 7.13. The molecule has 1 aromatic carbocycles. The van der Waals surface area contributed by atoms with E-state index in [1.165, 1.54) is 0 Å². The van der Waals surface area contributed by atoms with Gasteiger partial charge in [-0.25, -0.2) is 0 Å². The van der Waals surface area contributed by atoms with Gasteiger partial charge in [0.1, 0.15) is 0 Å². The maximum Gasteiger partial charge on any atom is 0.228 e. The Morgan fingerprint density at radius 1 is 1.32 bits per heavy atom. The van der Waals surface area contributed by atoms with E-state index in [-0.39, 0.29) is 24.3 Å². The lowest BCUT2D eigenvalue weighted by Crippen LogP contribution is -2.36. The van der Waals surface area contributed by atoms with Crippen LogP contribution in [0.1, 0.15) is 22.9 Å². The molecule has 1 fully saturated rings. The molecule has 132 valence electrons. The Bertz CT molecular complexity index is 728. The lowest BCUT2D eigenvalue weighted by molar-refractivity contribution is -0.126. The summed E-state index contributed by atoms with van der Waals surface area (Å²) in [5.74, 6) is -0.517. The molecule has 1 saturated heterocycles. The van der Waals surface area contributed by atoms with Gasteiger partial charge in [0.15, 0.2) is 0 Å². The number of rotatable bonds is 6. The molecule has 2 unspecified atom stereocenters. The van der Waals surface area contributed by atoms with Crippen LogP contribution in [0.5, 0.6) is 0 Å². The molecule has 2 atom stereocenters. The summed E-state index contributed by atoms with van der Waals surface area (Å²) in [6.45, 7) is 2.91. The highest BCUT2D eigenvalue weighted by molar-refractivity contribution is 7.10. The van der Waals surface area contributed by atoms with Crippen molar-refractivity contribution in [2.24, 2.45) is 5.92 Å². The Balaban J connectivity index is 1.90. The van der Waals surface area contributed by atoms with Crippen LogP contribution in [0.15, 0.2) is 41.8 Å². The number of ether oxygens (including phenoxy) is 1. The number of aryl methyl sites for hydroxylation is 1. The third-order valence-electron chi connectivity index (χ3n) is 4.41. The van der Waals surface area contributed by atoms with Crippen LogP contribution in [0.25, 0.3) is 0 Å². The van der Waals surface area contributed by atoms with Crippen LogP contribution < -0.4 is 10.2 Å². The molecule has 0 spiro atoms. The van der Waals surface area contributed by atoms with Crippen molar-refractivity contribution in [3.8, 4) is 0 Å². The molecule has 0 aliphatic carbocycles. The zero-order valence-corrected chi connectivity index (χ0v) is 15.2.